The number of morpholine rings is 2. The van der Waals surface area contributed by atoms with E-state index in [0.717, 1.165) is 147 Å². The first-order valence-corrected chi connectivity index (χ1v) is 23.1. The highest BCUT2D eigenvalue weighted by atomic mass is 16.5. The predicted molar refractivity (Wildman–Crippen MR) is 250 cm³/mol. The standard InChI is InChI=1S/C53H56N8O4/c1-37-29-49(61(34-37)51(63)32-42-8-3-5-10-44(42)36-59-23-27-65-28-24-59)53-55-45-19-16-39(30-46(45)56-53)13-12-38-14-17-40(18-15-38)47-33-54-52(57-47)48-11-6-20-60(48)50(62)31-41-7-2-4-9-43(41)35-58-21-25-64-26-22-58/h2-5,7-10,14-19,30,33,48-49H,1,6,11,20-29,31-32,34-36H2,(H,54,57)(H,55,56)/t48-,49-/m0/s1. The highest BCUT2D eigenvalue weighted by Gasteiger charge is 2.35. The van der Waals surface area contributed by atoms with Crippen molar-refractivity contribution in [2.24, 2.45) is 0 Å². The molecule has 0 spiro atoms. The van der Waals surface area contributed by atoms with Gasteiger partial charge in [0.15, 0.2) is 0 Å². The lowest BCUT2D eigenvalue weighted by molar-refractivity contribution is -0.132. The lowest BCUT2D eigenvalue weighted by Crippen LogP contribution is -2.36. The maximum atomic E-state index is 13.9. The first-order chi connectivity index (χ1) is 31.9. The third kappa shape index (κ3) is 9.84. The second kappa shape index (κ2) is 19.4. The number of likely N-dealkylation sites (tertiary alicyclic amines) is 2. The van der Waals surface area contributed by atoms with Crippen molar-refractivity contribution in [1.29, 1.82) is 0 Å². The minimum absolute atomic E-state index is 0.0748. The molecule has 4 fully saturated rings. The Bertz CT molecular complexity index is 2730. The van der Waals surface area contributed by atoms with Crippen LogP contribution >= 0.6 is 0 Å². The number of benzene rings is 4. The number of amides is 2. The van der Waals surface area contributed by atoms with Crippen molar-refractivity contribution in [3.05, 3.63) is 154 Å². The van der Waals surface area contributed by atoms with Gasteiger partial charge >= 0.3 is 0 Å². The number of H-pyrrole nitrogens is 2. The van der Waals surface area contributed by atoms with Crippen molar-refractivity contribution >= 4 is 22.8 Å². The molecule has 6 heterocycles. The third-order valence-electron chi connectivity index (χ3n) is 13.3. The first kappa shape index (κ1) is 42.6. The number of ether oxygens (including phenoxy) is 2. The van der Waals surface area contributed by atoms with Crippen molar-refractivity contribution in [3.8, 4) is 23.1 Å². The van der Waals surface area contributed by atoms with Gasteiger partial charge in [-0.15, -0.1) is 0 Å². The fourth-order valence-corrected chi connectivity index (χ4v) is 9.75. The summed E-state index contributed by atoms with van der Waals surface area (Å²) in [5.41, 5.74) is 11.0. The Morgan fingerprint density at radius 3 is 1.94 bits per heavy atom. The zero-order valence-electron chi connectivity index (χ0n) is 36.9. The van der Waals surface area contributed by atoms with E-state index < -0.39 is 0 Å². The monoisotopic (exact) mass is 868 g/mol. The average Bonchev–Trinajstić information content (AvgIpc) is 4.17. The summed E-state index contributed by atoms with van der Waals surface area (Å²) in [5, 5.41) is 0. The van der Waals surface area contributed by atoms with Crippen LogP contribution in [-0.2, 0) is 45.0 Å². The Morgan fingerprint density at radius 1 is 0.677 bits per heavy atom. The molecule has 2 amide bonds. The topological polar surface area (TPSA) is 123 Å². The van der Waals surface area contributed by atoms with E-state index in [-0.39, 0.29) is 23.9 Å². The Morgan fingerprint density at radius 2 is 1.28 bits per heavy atom. The number of hydrogen-bond donors (Lipinski definition) is 2. The number of fused-ring (bicyclic) bond motifs is 1. The van der Waals surface area contributed by atoms with Crippen LogP contribution in [0.3, 0.4) is 0 Å². The Hall–Kier alpha value is -6.36. The molecule has 332 valence electrons. The van der Waals surface area contributed by atoms with Gasteiger partial charge in [-0.1, -0.05) is 84.7 Å². The molecule has 12 nitrogen and oxygen atoms in total. The summed E-state index contributed by atoms with van der Waals surface area (Å²) in [4.78, 5) is 53.3. The van der Waals surface area contributed by atoms with E-state index in [1.165, 1.54) is 11.1 Å². The van der Waals surface area contributed by atoms with E-state index in [1.807, 2.05) is 58.5 Å². The van der Waals surface area contributed by atoms with Crippen molar-refractivity contribution < 1.29 is 19.1 Å². The number of nitrogens with one attached hydrogen (secondary N) is 2. The van der Waals surface area contributed by atoms with Gasteiger partial charge < -0.3 is 29.2 Å². The molecule has 6 aromatic rings. The van der Waals surface area contributed by atoms with Crippen molar-refractivity contribution in [2.75, 3.05) is 65.7 Å². The quantitative estimate of drug-likeness (QED) is 0.106. The number of carbonyl (C=O) groups is 2. The van der Waals surface area contributed by atoms with Crippen molar-refractivity contribution in [2.45, 2.75) is 57.3 Å². The first-order valence-electron chi connectivity index (χ1n) is 23.1. The zero-order chi connectivity index (χ0) is 44.1. The van der Waals surface area contributed by atoms with E-state index in [0.29, 0.717) is 25.8 Å². The molecule has 0 aliphatic carbocycles. The number of hydrogen-bond acceptors (Lipinski definition) is 8. The molecule has 2 aromatic heterocycles. The molecule has 0 unspecified atom stereocenters. The number of imidazole rings is 2. The second-order valence-electron chi connectivity index (χ2n) is 17.8. The highest BCUT2D eigenvalue weighted by molar-refractivity contribution is 5.82. The van der Waals surface area contributed by atoms with Crippen LogP contribution in [0.5, 0.6) is 0 Å². The summed E-state index contributed by atoms with van der Waals surface area (Å²) in [6.45, 7) is 13.8. The van der Waals surface area contributed by atoms with Gasteiger partial charge in [0.25, 0.3) is 0 Å². The molecule has 0 bridgehead atoms. The average molecular weight is 869 g/mol. The van der Waals surface area contributed by atoms with Gasteiger partial charge in [0.2, 0.25) is 11.8 Å². The van der Waals surface area contributed by atoms with Gasteiger partial charge in [0.05, 0.1) is 74.3 Å². The molecule has 12 heteroatoms. The maximum Gasteiger partial charge on any atom is 0.227 e. The summed E-state index contributed by atoms with van der Waals surface area (Å²) in [7, 11) is 0. The van der Waals surface area contributed by atoms with Crippen LogP contribution in [-0.4, -0.2) is 117 Å². The molecule has 0 saturated carbocycles. The number of aromatic nitrogens is 4. The van der Waals surface area contributed by atoms with Gasteiger partial charge in [-0.05, 0) is 77.4 Å². The van der Waals surface area contributed by atoms with Crippen molar-refractivity contribution in [1.82, 2.24) is 39.5 Å². The van der Waals surface area contributed by atoms with Gasteiger partial charge in [0.1, 0.15) is 11.6 Å². The van der Waals surface area contributed by atoms with Gasteiger partial charge in [-0.2, -0.15) is 0 Å². The third-order valence-corrected chi connectivity index (χ3v) is 13.3. The molecule has 65 heavy (non-hydrogen) atoms. The molecular weight excluding hydrogens is 813 g/mol. The van der Waals surface area contributed by atoms with Crippen molar-refractivity contribution in [3.63, 3.8) is 0 Å². The Balaban J connectivity index is 0.773. The molecule has 4 aliphatic rings. The van der Waals surface area contributed by atoms with E-state index >= 15 is 0 Å². The molecule has 2 atom stereocenters. The second-order valence-corrected chi connectivity index (χ2v) is 17.8. The van der Waals surface area contributed by atoms with E-state index in [1.54, 1.807) is 0 Å². The lowest BCUT2D eigenvalue weighted by atomic mass is 10.0. The minimum Gasteiger partial charge on any atom is -0.379 e. The van der Waals surface area contributed by atoms with E-state index in [2.05, 4.69) is 86.7 Å². The van der Waals surface area contributed by atoms with Crippen LogP contribution in [0.4, 0.5) is 0 Å². The summed E-state index contributed by atoms with van der Waals surface area (Å²) in [6.07, 6.45) is 5.10. The molecule has 0 radical (unpaired) electrons. The minimum atomic E-state index is -0.202. The number of aromatic amines is 2. The Labute approximate surface area is 380 Å². The lowest BCUT2D eigenvalue weighted by Gasteiger charge is -2.28. The molecule has 2 N–H and O–H groups in total. The molecule has 4 aromatic carbocycles. The van der Waals surface area contributed by atoms with Gasteiger partial charge in [0, 0.05) is 63.5 Å². The van der Waals surface area contributed by atoms with Crippen LogP contribution in [0.25, 0.3) is 22.3 Å². The van der Waals surface area contributed by atoms with E-state index in [4.69, 9.17) is 19.4 Å². The smallest absolute Gasteiger partial charge is 0.227 e. The maximum absolute atomic E-state index is 13.9. The molecule has 10 rings (SSSR count). The predicted octanol–water partition coefficient (Wildman–Crippen LogP) is 7.00. The Kier molecular flexibility index (Phi) is 12.7. The van der Waals surface area contributed by atoms with Crippen LogP contribution in [0.2, 0.25) is 0 Å². The number of rotatable bonds is 11. The largest absolute Gasteiger partial charge is 0.379 e. The van der Waals surface area contributed by atoms with Crippen LogP contribution < -0.4 is 0 Å². The fourth-order valence-electron chi connectivity index (χ4n) is 9.75. The summed E-state index contributed by atoms with van der Waals surface area (Å²) in [5.74, 6) is 8.47. The summed E-state index contributed by atoms with van der Waals surface area (Å²) >= 11 is 0. The molecule has 4 saturated heterocycles. The van der Waals surface area contributed by atoms with E-state index in [9.17, 15) is 9.59 Å². The molecular formula is C53H56N8O4. The normalized spacial score (nSPS) is 19.5. The summed E-state index contributed by atoms with van der Waals surface area (Å²) in [6, 6.07) is 30.5. The van der Waals surface area contributed by atoms with Crippen LogP contribution in [0.1, 0.15) is 76.4 Å². The molecule has 4 aliphatic heterocycles. The van der Waals surface area contributed by atoms with Crippen LogP contribution in [0.15, 0.2) is 109 Å². The van der Waals surface area contributed by atoms with Crippen LogP contribution in [0, 0.1) is 11.8 Å². The number of nitrogens with zero attached hydrogens (tertiary/aromatic N) is 6. The SMILES string of the molecule is C=C1C[C@@H](c2nc3ccc(C#Cc4ccc(-c5cnc([C@@H]6CCCN6C(=O)Cc6ccccc6CN6CCOCC6)[nH]5)cc4)cc3[nH]2)N(C(=O)Cc2ccccc2CN2CCOCC2)C1. The fraction of sp³-hybridized carbons (Fsp3) is 0.358. The summed E-state index contributed by atoms with van der Waals surface area (Å²) < 4.78 is 11.1. The van der Waals surface area contributed by atoms with Gasteiger partial charge in [-0.3, -0.25) is 19.4 Å². The zero-order valence-corrected chi connectivity index (χ0v) is 36.9. The highest BCUT2D eigenvalue weighted by Crippen LogP contribution is 2.35. The number of carbonyl (C=O) groups excluding carboxylic acids is 2. The van der Waals surface area contributed by atoms with Gasteiger partial charge in [-0.25, -0.2) is 9.97 Å².